The molecule has 0 spiro atoms. The highest BCUT2D eigenvalue weighted by molar-refractivity contribution is 6.02. The lowest BCUT2D eigenvalue weighted by atomic mass is 10.3. The number of H-pyrrole nitrogens is 1. The Bertz CT molecular complexity index is 596. The lowest BCUT2D eigenvalue weighted by Gasteiger charge is -2.02. The van der Waals surface area contributed by atoms with E-state index in [0.717, 1.165) is 0 Å². The summed E-state index contributed by atoms with van der Waals surface area (Å²) >= 11 is 0. The first-order valence-corrected chi connectivity index (χ1v) is 5.17. The van der Waals surface area contributed by atoms with Crippen LogP contribution in [0.25, 0.3) is 0 Å². The number of hydrogen-bond acceptors (Lipinski definition) is 4. The summed E-state index contributed by atoms with van der Waals surface area (Å²) in [6.45, 7) is -0.230. The largest absolute Gasteiger partial charge is 0.384 e. The van der Waals surface area contributed by atoms with Gasteiger partial charge < -0.3 is 10.4 Å². The predicted molar refractivity (Wildman–Crippen MR) is 64.7 cm³/mol. The number of carbonyl (C=O) groups is 1. The topological polar surface area (TPSA) is 90.9 Å². The molecule has 1 amide bonds. The fourth-order valence-electron chi connectivity index (χ4n) is 1.27. The molecule has 0 saturated heterocycles. The van der Waals surface area contributed by atoms with Gasteiger partial charge in [0.25, 0.3) is 5.91 Å². The van der Waals surface area contributed by atoms with Crippen molar-refractivity contribution >= 4 is 11.7 Å². The summed E-state index contributed by atoms with van der Waals surface area (Å²) in [5.41, 5.74) is 0.829. The SMILES string of the molecule is O=C(Nc1cccc(C#CCO)n1)c1ccn[nH]1. The Morgan fingerprint density at radius 3 is 3.06 bits per heavy atom. The third kappa shape index (κ3) is 2.93. The normalized spacial score (nSPS) is 9.39. The first-order valence-electron chi connectivity index (χ1n) is 5.17. The molecule has 2 aromatic rings. The minimum absolute atomic E-state index is 0.230. The molecule has 0 fully saturated rings. The Labute approximate surface area is 103 Å². The summed E-state index contributed by atoms with van der Waals surface area (Å²) in [5.74, 6) is 5.21. The number of pyridine rings is 1. The number of aromatic nitrogens is 3. The molecule has 90 valence electrons. The number of amides is 1. The van der Waals surface area contributed by atoms with Gasteiger partial charge in [-0.2, -0.15) is 5.10 Å². The highest BCUT2D eigenvalue weighted by Crippen LogP contribution is 2.05. The van der Waals surface area contributed by atoms with Crippen LogP contribution in [0.5, 0.6) is 0 Å². The summed E-state index contributed by atoms with van der Waals surface area (Å²) in [7, 11) is 0. The molecular formula is C12H10N4O2. The van der Waals surface area contributed by atoms with E-state index in [1.54, 1.807) is 24.3 Å². The van der Waals surface area contributed by atoms with Crippen molar-refractivity contribution in [3.8, 4) is 11.8 Å². The highest BCUT2D eigenvalue weighted by atomic mass is 16.2. The van der Waals surface area contributed by atoms with E-state index in [1.807, 2.05) is 0 Å². The fourth-order valence-corrected chi connectivity index (χ4v) is 1.27. The summed E-state index contributed by atoms with van der Waals surface area (Å²) in [5, 5.41) is 17.4. The van der Waals surface area contributed by atoms with Crippen molar-refractivity contribution in [1.82, 2.24) is 15.2 Å². The molecule has 0 radical (unpaired) electrons. The van der Waals surface area contributed by atoms with Crippen LogP contribution < -0.4 is 5.32 Å². The van der Waals surface area contributed by atoms with Gasteiger partial charge in [0, 0.05) is 6.20 Å². The zero-order valence-corrected chi connectivity index (χ0v) is 9.34. The second kappa shape index (κ2) is 5.61. The molecule has 0 aliphatic heterocycles. The lowest BCUT2D eigenvalue weighted by molar-refractivity contribution is 0.102. The van der Waals surface area contributed by atoms with Crippen molar-refractivity contribution < 1.29 is 9.90 Å². The number of aliphatic hydroxyl groups is 1. The van der Waals surface area contributed by atoms with Gasteiger partial charge in [-0.05, 0) is 24.1 Å². The first kappa shape index (κ1) is 11.8. The van der Waals surface area contributed by atoms with Crippen LogP contribution in [0.3, 0.4) is 0 Å². The van der Waals surface area contributed by atoms with Crippen molar-refractivity contribution in [2.45, 2.75) is 0 Å². The lowest BCUT2D eigenvalue weighted by Crippen LogP contribution is -2.13. The summed E-state index contributed by atoms with van der Waals surface area (Å²) < 4.78 is 0. The first-order chi connectivity index (χ1) is 8.79. The van der Waals surface area contributed by atoms with E-state index in [9.17, 15) is 4.79 Å². The maximum absolute atomic E-state index is 11.7. The monoisotopic (exact) mass is 242 g/mol. The Morgan fingerprint density at radius 2 is 2.33 bits per heavy atom. The zero-order valence-electron chi connectivity index (χ0n) is 9.34. The second-order valence-corrected chi connectivity index (χ2v) is 3.29. The number of nitrogens with zero attached hydrogens (tertiary/aromatic N) is 2. The maximum Gasteiger partial charge on any atom is 0.274 e. The molecule has 0 atom stereocenters. The molecular weight excluding hydrogens is 232 g/mol. The van der Waals surface area contributed by atoms with Crippen molar-refractivity contribution in [2.24, 2.45) is 0 Å². The van der Waals surface area contributed by atoms with E-state index in [1.165, 1.54) is 6.20 Å². The molecule has 0 unspecified atom stereocenters. The molecule has 18 heavy (non-hydrogen) atoms. The van der Waals surface area contributed by atoms with Crippen molar-refractivity contribution in [2.75, 3.05) is 11.9 Å². The third-order valence-corrected chi connectivity index (χ3v) is 2.03. The van der Waals surface area contributed by atoms with E-state index in [2.05, 4.69) is 32.3 Å². The van der Waals surface area contributed by atoms with Crippen molar-refractivity contribution in [3.63, 3.8) is 0 Å². The standard InChI is InChI=1S/C12H10N4O2/c17-8-2-4-9-3-1-5-11(14-9)15-12(18)10-6-7-13-16-10/h1,3,5-7,17H,8H2,(H,13,16)(H,14,15,18). The second-order valence-electron chi connectivity index (χ2n) is 3.29. The number of aliphatic hydroxyl groups excluding tert-OH is 1. The van der Waals surface area contributed by atoms with Gasteiger partial charge in [0.15, 0.2) is 0 Å². The van der Waals surface area contributed by atoms with Crippen LogP contribution in [0.2, 0.25) is 0 Å². The molecule has 0 aliphatic carbocycles. The Balaban J connectivity index is 2.12. The third-order valence-electron chi connectivity index (χ3n) is 2.03. The number of hydrogen-bond donors (Lipinski definition) is 3. The molecule has 0 aromatic carbocycles. The predicted octanol–water partition coefficient (Wildman–Crippen LogP) is 0.401. The van der Waals surface area contributed by atoms with Crippen LogP contribution in [-0.4, -0.2) is 32.8 Å². The summed E-state index contributed by atoms with van der Waals surface area (Å²) in [6.07, 6.45) is 1.49. The van der Waals surface area contributed by atoms with Crippen molar-refractivity contribution in [1.29, 1.82) is 0 Å². The zero-order chi connectivity index (χ0) is 12.8. The Hall–Kier alpha value is -2.65. The van der Waals surface area contributed by atoms with Gasteiger partial charge >= 0.3 is 0 Å². The highest BCUT2D eigenvalue weighted by Gasteiger charge is 2.07. The van der Waals surface area contributed by atoms with E-state index in [4.69, 9.17) is 5.11 Å². The van der Waals surface area contributed by atoms with E-state index in [-0.39, 0.29) is 12.5 Å². The number of carbonyl (C=O) groups excluding carboxylic acids is 1. The average Bonchev–Trinajstić information content (AvgIpc) is 2.91. The Kier molecular flexibility index (Phi) is 3.69. The van der Waals surface area contributed by atoms with Gasteiger partial charge in [-0.15, -0.1) is 0 Å². The van der Waals surface area contributed by atoms with Crippen LogP contribution in [0, 0.1) is 11.8 Å². The molecule has 0 saturated carbocycles. The number of nitrogens with one attached hydrogen (secondary N) is 2. The molecule has 2 rings (SSSR count). The summed E-state index contributed by atoms with van der Waals surface area (Å²) in [4.78, 5) is 15.8. The minimum atomic E-state index is -0.327. The van der Waals surface area contributed by atoms with E-state index in [0.29, 0.717) is 17.2 Å². The van der Waals surface area contributed by atoms with Gasteiger partial charge in [-0.3, -0.25) is 9.89 Å². The smallest absolute Gasteiger partial charge is 0.274 e. The molecule has 0 aliphatic rings. The van der Waals surface area contributed by atoms with Crippen LogP contribution in [-0.2, 0) is 0 Å². The molecule has 6 heteroatoms. The van der Waals surface area contributed by atoms with Gasteiger partial charge in [-0.1, -0.05) is 12.0 Å². The summed E-state index contributed by atoms with van der Waals surface area (Å²) in [6, 6.07) is 6.62. The molecule has 2 aromatic heterocycles. The maximum atomic E-state index is 11.7. The number of aromatic amines is 1. The molecule has 3 N–H and O–H groups in total. The molecule has 6 nitrogen and oxygen atoms in total. The van der Waals surface area contributed by atoms with Gasteiger partial charge in [0.05, 0.1) is 0 Å². The van der Waals surface area contributed by atoms with E-state index >= 15 is 0 Å². The van der Waals surface area contributed by atoms with Crippen LogP contribution >= 0.6 is 0 Å². The number of rotatable bonds is 2. The van der Waals surface area contributed by atoms with Crippen LogP contribution in [0.15, 0.2) is 30.5 Å². The van der Waals surface area contributed by atoms with Crippen molar-refractivity contribution in [3.05, 3.63) is 41.9 Å². The fraction of sp³-hybridized carbons (Fsp3) is 0.0833. The van der Waals surface area contributed by atoms with Gasteiger partial charge in [-0.25, -0.2) is 4.98 Å². The molecule has 2 heterocycles. The molecule has 0 bridgehead atoms. The van der Waals surface area contributed by atoms with E-state index < -0.39 is 0 Å². The van der Waals surface area contributed by atoms with Gasteiger partial charge in [0.1, 0.15) is 23.8 Å². The quantitative estimate of drug-likeness (QED) is 0.665. The van der Waals surface area contributed by atoms with Crippen LogP contribution in [0.4, 0.5) is 5.82 Å². The van der Waals surface area contributed by atoms with Crippen LogP contribution in [0.1, 0.15) is 16.2 Å². The Morgan fingerprint density at radius 1 is 1.44 bits per heavy atom. The average molecular weight is 242 g/mol. The van der Waals surface area contributed by atoms with Gasteiger partial charge in [0.2, 0.25) is 0 Å². The minimum Gasteiger partial charge on any atom is -0.384 e. The number of anilines is 1.